The van der Waals surface area contributed by atoms with E-state index in [0.29, 0.717) is 24.5 Å². The first-order valence-electron chi connectivity index (χ1n) is 12.3. The maximum Gasteiger partial charge on any atom is 0.324 e. The first-order chi connectivity index (χ1) is 19.0. The number of rotatable bonds is 10. The van der Waals surface area contributed by atoms with Crippen LogP contribution < -0.4 is 20.7 Å². The van der Waals surface area contributed by atoms with Crippen LogP contribution in [0, 0.1) is 12.7 Å². The minimum absolute atomic E-state index is 0.0361. The van der Waals surface area contributed by atoms with Crippen molar-refractivity contribution in [2.75, 3.05) is 30.9 Å². The van der Waals surface area contributed by atoms with Gasteiger partial charge in [-0.1, -0.05) is 11.2 Å². The summed E-state index contributed by atoms with van der Waals surface area (Å²) in [5.41, 5.74) is 3.19. The van der Waals surface area contributed by atoms with Gasteiger partial charge in [0.15, 0.2) is 17.4 Å². The van der Waals surface area contributed by atoms with Crippen LogP contribution in [0.4, 0.5) is 20.7 Å². The number of ether oxygens (including phenoxy) is 2. The van der Waals surface area contributed by atoms with Crippen LogP contribution in [-0.4, -0.2) is 41.4 Å². The van der Waals surface area contributed by atoms with Gasteiger partial charge in [-0.2, -0.15) is 0 Å². The Kier molecular flexibility index (Phi) is 8.35. The molecule has 39 heavy (non-hydrogen) atoms. The first-order valence-corrected chi connectivity index (χ1v) is 13.1. The molecule has 0 fully saturated rings. The van der Waals surface area contributed by atoms with Crippen LogP contribution in [0.1, 0.15) is 28.0 Å². The van der Waals surface area contributed by atoms with E-state index >= 15 is 0 Å². The Morgan fingerprint density at radius 3 is 2.79 bits per heavy atom. The highest BCUT2D eigenvalue weighted by Gasteiger charge is 2.29. The van der Waals surface area contributed by atoms with Crippen molar-refractivity contribution in [2.45, 2.75) is 30.0 Å². The van der Waals surface area contributed by atoms with E-state index in [1.54, 1.807) is 50.2 Å². The second-order valence-corrected chi connectivity index (χ2v) is 10.0. The molecule has 0 radical (unpaired) electrons. The number of amides is 2. The fourth-order valence-electron chi connectivity index (χ4n) is 3.97. The molecule has 1 aromatic carbocycles. The van der Waals surface area contributed by atoms with Crippen molar-refractivity contribution in [3.05, 3.63) is 83.4 Å². The van der Waals surface area contributed by atoms with Gasteiger partial charge >= 0.3 is 6.03 Å². The van der Waals surface area contributed by atoms with E-state index in [1.165, 1.54) is 12.1 Å². The highest BCUT2D eigenvalue weighted by Crippen LogP contribution is 2.50. The smallest absolute Gasteiger partial charge is 0.324 e. The van der Waals surface area contributed by atoms with Gasteiger partial charge in [0.1, 0.15) is 11.5 Å². The third-order valence-corrected chi connectivity index (χ3v) is 7.22. The van der Waals surface area contributed by atoms with Crippen LogP contribution in [0.5, 0.6) is 11.5 Å². The van der Waals surface area contributed by atoms with Gasteiger partial charge in [0.25, 0.3) is 0 Å². The lowest BCUT2D eigenvalue weighted by Gasteiger charge is -2.12. The molecule has 4 heterocycles. The molecule has 0 saturated heterocycles. The van der Waals surface area contributed by atoms with Crippen molar-refractivity contribution < 1.29 is 23.2 Å². The van der Waals surface area contributed by atoms with Crippen LogP contribution in [0.15, 0.2) is 64.3 Å². The Labute approximate surface area is 228 Å². The van der Waals surface area contributed by atoms with Crippen LogP contribution in [0.3, 0.4) is 0 Å². The number of pyridine rings is 2. The zero-order chi connectivity index (χ0) is 27.2. The van der Waals surface area contributed by atoms with Crippen molar-refractivity contribution >= 4 is 29.3 Å². The van der Waals surface area contributed by atoms with Crippen molar-refractivity contribution in [1.82, 2.24) is 20.4 Å². The number of hydrogen-bond acceptors (Lipinski definition) is 9. The number of urea groups is 1. The van der Waals surface area contributed by atoms with Gasteiger partial charge in [-0.3, -0.25) is 15.3 Å². The number of hydrogen-bond donors (Lipinski definition) is 3. The van der Waals surface area contributed by atoms with E-state index in [2.05, 4.69) is 37.1 Å². The molecule has 1 aliphatic heterocycles. The Hall–Kier alpha value is -4.00. The normalized spacial score (nSPS) is 14.2. The molecular weight excluding hydrogens is 523 g/mol. The van der Waals surface area contributed by atoms with Crippen LogP contribution in [-0.2, 0) is 17.7 Å². The number of nitrogens with one attached hydrogen (secondary N) is 3. The lowest BCUT2D eigenvalue weighted by Crippen LogP contribution is -2.19. The molecule has 1 unspecified atom stereocenters. The molecule has 0 spiro atoms. The molecule has 10 nitrogen and oxygen atoms in total. The van der Waals surface area contributed by atoms with Crippen molar-refractivity contribution in [3.8, 4) is 11.5 Å². The van der Waals surface area contributed by atoms with E-state index in [9.17, 15) is 9.18 Å². The maximum absolute atomic E-state index is 14.9. The summed E-state index contributed by atoms with van der Waals surface area (Å²) in [5.74, 6) is 0.751. The molecular formula is C27H27FN6O4S. The van der Waals surface area contributed by atoms with E-state index in [0.717, 1.165) is 34.9 Å². The number of halogens is 1. The molecule has 0 aliphatic carbocycles. The summed E-state index contributed by atoms with van der Waals surface area (Å²) < 4.78 is 30.8. The summed E-state index contributed by atoms with van der Waals surface area (Å²) in [6, 6.07) is 11.0. The summed E-state index contributed by atoms with van der Waals surface area (Å²) in [7, 11) is 1.68. The monoisotopic (exact) mass is 550 g/mol. The molecule has 1 atom stereocenters. The number of aryl methyl sites for hydroxylation is 1. The minimum Gasteiger partial charge on any atom is -0.453 e. The maximum atomic E-state index is 14.9. The molecule has 0 saturated carbocycles. The largest absolute Gasteiger partial charge is 0.453 e. The standard InChI is InChI=1S/C27H27FN6O4S/c1-16-11-25(34-38-16)33-27(35)32-18-4-6-22(19(28)12-18)37-23-7-8-30-21-13-24(39-26(21)23)20-5-3-17(15-31-20)14-29-9-10-36-2/h3-8,11-12,15,24,29H,9-10,13-14H2,1-2H3,(H2,32,33,34,35). The number of benzene rings is 1. The SMILES string of the molecule is COCCNCc1ccc(C2Cc3nccc(Oc4ccc(NC(=O)Nc5cc(C)on5)cc4F)c3S2)nc1. The van der Waals surface area contributed by atoms with Crippen LogP contribution >= 0.6 is 11.8 Å². The number of thioether (sulfide) groups is 1. The molecule has 4 aromatic rings. The van der Waals surface area contributed by atoms with Gasteiger partial charge in [0.2, 0.25) is 0 Å². The van der Waals surface area contributed by atoms with Crippen molar-refractivity contribution in [3.63, 3.8) is 0 Å². The van der Waals surface area contributed by atoms with E-state index in [1.807, 2.05) is 12.3 Å². The number of fused-ring (bicyclic) bond motifs is 1. The molecule has 2 amide bonds. The topological polar surface area (TPSA) is 123 Å². The van der Waals surface area contributed by atoms with E-state index < -0.39 is 11.8 Å². The molecule has 5 rings (SSSR count). The third kappa shape index (κ3) is 6.72. The predicted octanol–water partition coefficient (Wildman–Crippen LogP) is 5.47. The second-order valence-electron chi connectivity index (χ2n) is 8.81. The molecule has 3 aromatic heterocycles. The van der Waals surface area contributed by atoms with Crippen LogP contribution in [0.25, 0.3) is 0 Å². The van der Waals surface area contributed by atoms with Gasteiger partial charge in [0.05, 0.1) is 28.1 Å². The molecule has 12 heteroatoms. The molecule has 3 N–H and O–H groups in total. The van der Waals surface area contributed by atoms with Gasteiger partial charge in [-0.05, 0) is 30.7 Å². The van der Waals surface area contributed by atoms with Crippen molar-refractivity contribution in [1.29, 1.82) is 0 Å². The highest BCUT2D eigenvalue weighted by atomic mass is 32.2. The number of aromatic nitrogens is 3. The van der Waals surface area contributed by atoms with Gasteiger partial charge in [0, 0.05) is 62.9 Å². The zero-order valence-corrected chi connectivity index (χ0v) is 22.2. The predicted molar refractivity (Wildman–Crippen MR) is 145 cm³/mol. The van der Waals surface area contributed by atoms with E-state index in [4.69, 9.17) is 14.0 Å². The molecule has 202 valence electrons. The van der Waals surface area contributed by atoms with Crippen LogP contribution in [0.2, 0.25) is 0 Å². The van der Waals surface area contributed by atoms with Crippen molar-refractivity contribution in [2.24, 2.45) is 0 Å². The molecule has 1 aliphatic rings. The summed E-state index contributed by atoms with van der Waals surface area (Å²) in [6.07, 6.45) is 4.23. The number of anilines is 2. The lowest BCUT2D eigenvalue weighted by atomic mass is 10.1. The van der Waals surface area contributed by atoms with E-state index in [-0.39, 0.29) is 22.5 Å². The van der Waals surface area contributed by atoms with Gasteiger partial charge in [-0.25, -0.2) is 9.18 Å². The van der Waals surface area contributed by atoms with Gasteiger partial charge in [-0.15, -0.1) is 11.8 Å². The highest BCUT2D eigenvalue weighted by molar-refractivity contribution is 8.00. The Morgan fingerprint density at radius 1 is 1.15 bits per heavy atom. The lowest BCUT2D eigenvalue weighted by molar-refractivity contribution is 0.199. The third-order valence-electron chi connectivity index (χ3n) is 5.85. The Bertz CT molecular complexity index is 1450. The minimum atomic E-state index is -0.619. The summed E-state index contributed by atoms with van der Waals surface area (Å²) >= 11 is 1.60. The zero-order valence-electron chi connectivity index (χ0n) is 21.4. The number of nitrogens with zero attached hydrogens (tertiary/aromatic N) is 3. The Morgan fingerprint density at radius 2 is 2.05 bits per heavy atom. The number of carbonyl (C=O) groups is 1. The van der Waals surface area contributed by atoms with Gasteiger partial charge < -0.3 is 24.6 Å². The average molecular weight is 551 g/mol. The number of carbonyl (C=O) groups excluding carboxylic acids is 1. The fraction of sp³-hybridized carbons (Fsp3) is 0.259. The summed E-state index contributed by atoms with van der Waals surface area (Å²) in [5, 5.41) is 12.2. The second kappa shape index (κ2) is 12.2. The fourth-order valence-corrected chi connectivity index (χ4v) is 5.25. The number of methoxy groups -OCH3 is 1. The Balaban J connectivity index is 1.21. The summed E-state index contributed by atoms with van der Waals surface area (Å²) in [4.78, 5) is 22.2. The summed E-state index contributed by atoms with van der Waals surface area (Å²) in [6.45, 7) is 3.87. The first kappa shape index (κ1) is 26.6. The average Bonchev–Trinajstić information content (AvgIpc) is 3.55. The quantitative estimate of drug-likeness (QED) is 0.220. The molecule has 0 bridgehead atoms.